The van der Waals surface area contributed by atoms with Gasteiger partial charge in [-0.1, -0.05) is 28.1 Å². The summed E-state index contributed by atoms with van der Waals surface area (Å²) < 4.78 is 12.6. The second-order valence-electron chi connectivity index (χ2n) is 4.79. The average molecular weight is 345 g/mol. The van der Waals surface area contributed by atoms with Crippen molar-refractivity contribution in [2.24, 2.45) is 0 Å². The van der Waals surface area contributed by atoms with Crippen LogP contribution in [0.2, 0.25) is 0 Å². The molecule has 3 heteroatoms. The maximum absolute atomic E-state index is 5.76. The molecule has 108 valence electrons. The summed E-state index contributed by atoms with van der Waals surface area (Å²) in [4.78, 5) is 0. The fraction of sp³-hybridized carbons (Fsp3) is 0.222. The number of ether oxygens (including phenoxy) is 2. The van der Waals surface area contributed by atoms with E-state index < -0.39 is 0 Å². The van der Waals surface area contributed by atoms with Crippen LogP contribution in [-0.4, -0.2) is 13.2 Å². The highest BCUT2D eigenvalue weighted by Gasteiger charge is 2.10. The summed E-state index contributed by atoms with van der Waals surface area (Å²) in [5.74, 6) is 1.82. The van der Waals surface area contributed by atoms with E-state index >= 15 is 0 Å². The van der Waals surface area contributed by atoms with Gasteiger partial charge in [0.15, 0.2) is 0 Å². The van der Waals surface area contributed by atoms with E-state index in [9.17, 15) is 0 Å². The molecular formula is C18H17BrO2. The smallest absolute Gasteiger partial charge is 0.127 e. The van der Waals surface area contributed by atoms with Crippen LogP contribution in [0.1, 0.15) is 13.8 Å². The van der Waals surface area contributed by atoms with Crippen LogP contribution < -0.4 is 9.47 Å². The monoisotopic (exact) mass is 344 g/mol. The first-order valence-corrected chi connectivity index (χ1v) is 7.94. The quantitative estimate of drug-likeness (QED) is 0.577. The lowest BCUT2D eigenvalue weighted by Crippen LogP contribution is -1.94. The topological polar surface area (TPSA) is 18.5 Å². The van der Waals surface area contributed by atoms with Crippen LogP contribution in [0, 0.1) is 0 Å². The van der Waals surface area contributed by atoms with E-state index in [4.69, 9.17) is 9.47 Å². The second kappa shape index (κ2) is 5.94. The number of halogens is 1. The van der Waals surface area contributed by atoms with Gasteiger partial charge in [0.25, 0.3) is 0 Å². The summed E-state index contributed by atoms with van der Waals surface area (Å²) >= 11 is 3.63. The lowest BCUT2D eigenvalue weighted by atomic mass is 10.0. The van der Waals surface area contributed by atoms with Crippen molar-refractivity contribution in [3.63, 3.8) is 0 Å². The summed E-state index contributed by atoms with van der Waals surface area (Å²) in [5, 5.41) is 4.54. The van der Waals surface area contributed by atoms with Gasteiger partial charge in [-0.25, -0.2) is 0 Å². The number of benzene rings is 3. The van der Waals surface area contributed by atoms with Crippen molar-refractivity contribution in [3.05, 3.63) is 46.9 Å². The van der Waals surface area contributed by atoms with Crippen molar-refractivity contribution < 1.29 is 9.47 Å². The summed E-state index contributed by atoms with van der Waals surface area (Å²) in [6, 6.07) is 14.5. The Morgan fingerprint density at radius 1 is 0.810 bits per heavy atom. The zero-order chi connectivity index (χ0) is 14.8. The predicted octanol–water partition coefficient (Wildman–Crippen LogP) is 5.55. The molecule has 21 heavy (non-hydrogen) atoms. The third-order valence-electron chi connectivity index (χ3n) is 3.48. The Labute approximate surface area is 132 Å². The molecule has 0 atom stereocenters. The SMILES string of the molecule is CCOc1cccc2cc3c(Br)ccc(OCC)c3cc12. The first kappa shape index (κ1) is 14.2. The molecular weight excluding hydrogens is 328 g/mol. The lowest BCUT2D eigenvalue weighted by molar-refractivity contribution is 0.343. The molecule has 0 aliphatic carbocycles. The van der Waals surface area contributed by atoms with Gasteiger partial charge in [0, 0.05) is 20.6 Å². The molecule has 0 unspecified atom stereocenters. The Morgan fingerprint density at radius 2 is 1.52 bits per heavy atom. The van der Waals surface area contributed by atoms with Gasteiger partial charge >= 0.3 is 0 Å². The lowest BCUT2D eigenvalue weighted by Gasteiger charge is -2.12. The van der Waals surface area contributed by atoms with E-state index in [0.29, 0.717) is 13.2 Å². The number of hydrogen-bond acceptors (Lipinski definition) is 2. The van der Waals surface area contributed by atoms with Crippen molar-refractivity contribution in [2.45, 2.75) is 13.8 Å². The second-order valence-corrected chi connectivity index (χ2v) is 5.64. The molecule has 0 fully saturated rings. The molecule has 2 nitrogen and oxygen atoms in total. The molecule has 0 aliphatic rings. The van der Waals surface area contributed by atoms with E-state index in [-0.39, 0.29) is 0 Å². The molecule has 0 radical (unpaired) electrons. The predicted molar refractivity (Wildman–Crippen MR) is 91.5 cm³/mol. The van der Waals surface area contributed by atoms with Crippen molar-refractivity contribution >= 4 is 37.5 Å². The van der Waals surface area contributed by atoms with Crippen LogP contribution in [0.5, 0.6) is 11.5 Å². The Balaban J connectivity index is 2.35. The molecule has 0 N–H and O–H groups in total. The van der Waals surface area contributed by atoms with Crippen LogP contribution in [0.3, 0.4) is 0 Å². The highest BCUT2D eigenvalue weighted by molar-refractivity contribution is 9.10. The number of fused-ring (bicyclic) bond motifs is 2. The Kier molecular flexibility index (Phi) is 4.02. The maximum Gasteiger partial charge on any atom is 0.127 e. The van der Waals surface area contributed by atoms with E-state index in [2.05, 4.69) is 34.1 Å². The third kappa shape index (κ3) is 2.58. The molecule has 0 amide bonds. The van der Waals surface area contributed by atoms with Crippen LogP contribution in [-0.2, 0) is 0 Å². The zero-order valence-corrected chi connectivity index (χ0v) is 13.7. The fourth-order valence-corrected chi connectivity index (χ4v) is 3.05. The van der Waals surface area contributed by atoms with Gasteiger partial charge in [-0.05, 0) is 49.6 Å². The molecule has 3 aromatic rings. The van der Waals surface area contributed by atoms with Crippen LogP contribution in [0.25, 0.3) is 21.5 Å². The minimum Gasteiger partial charge on any atom is -0.493 e. The average Bonchev–Trinajstić information content (AvgIpc) is 2.50. The zero-order valence-electron chi connectivity index (χ0n) is 12.2. The first-order chi connectivity index (χ1) is 10.2. The fourth-order valence-electron chi connectivity index (χ4n) is 2.59. The van der Waals surface area contributed by atoms with Gasteiger partial charge in [-0.2, -0.15) is 0 Å². The largest absolute Gasteiger partial charge is 0.493 e. The van der Waals surface area contributed by atoms with Crippen molar-refractivity contribution in [1.82, 2.24) is 0 Å². The van der Waals surface area contributed by atoms with Crippen LogP contribution >= 0.6 is 15.9 Å². The van der Waals surface area contributed by atoms with Gasteiger partial charge < -0.3 is 9.47 Å². The Morgan fingerprint density at radius 3 is 2.24 bits per heavy atom. The normalized spacial score (nSPS) is 11.0. The van der Waals surface area contributed by atoms with Crippen LogP contribution in [0.15, 0.2) is 46.9 Å². The molecule has 0 aliphatic heterocycles. The Hall–Kier alpha value is -1.74. The van der Waals surface area contributed by atoms with Gasteiger partial charge in [-0.15, -0.1) is 0 Å². The standard InChI is InChI=1S/C18H17BrO2/c1-3-20-17-7-5-6-12-10-14-15(11-13(12)17)18(21-4-2)9-8-16(14)19/h5-11H,3-4H2,1-2H3. The molecule has 0 saturated heterocycles. The van der Waals surface area contributed by atoms with Gasteiger partial charge in [0.2, 0.25) is 0 Å². The molecule has 0 saturated carbocycles. The highest BCUT2D eigenvalue weighted by atomic mass is 79.9. The number of hydrogen-bond donors (Lipinski definition) is 0. The minimum atomic E-state index is 0.655. The molecule has 3 aromatic carbocycles. The molecule has 0 aromatic heterocycles. The van der Waals surface area contributed by atoms with Crippen molar-refractivity contribution in [1.29, 1.82) is 0 Å². The first-order valence-electron chi connectivity index (χ1n) is 7.15. The molecule has 0 heterocycles. The van der Waals surface area contributed by atoms with Gasteiger partial charge in [-0.3, -0.25) is 0 Å². The number of rotatable bonds is 4. The third-order valence-corrected chi connectivity index (χ3v) is 4.17. The molecule has 0 spiro atoms. The van der Waals surface area contributed by atoms with E-state index in [1.54, 1.807) is 0 Å². The van der Waals surface area contributed by atoms with Crippen molar-refractivity contribution in [3.8, 4) is 11.5 Å². The van der Waals surface area contributed by atoms with Crippen LogP contribution in [0.4, 0.5) is 0 Å². The van der Waals surface area contributed by atoms with Gasteiger partial charge in [0.05, 0.1) is 13.2 Å². The van der Waals surface area contributed by atoms with Crippen molar-refractivity contribution in [2.75, 3.05) is 13.2 Å². The van der Waals surface area contributed by atoms with Gasteiger partial charge in [0.1, 0.15) is 11.5 Å². The summed E-state index contributed by atoms with van der Waals surface area (Å²) in [7, 11) is 0. The maximum atomic E-state index is 5.76. The minimum absolute atomic E-state index is 0.655. The summed E-state index contributed by atoms with van der Waals surface area (Å²) in [6.07, 6.45) is 0. The highest BCUT2D eigenvalue weighted by Crippen LogP contribution is 2.37. The van der Waals surface area contributed by atoms with E-state index in [1.165, 1.54) is 5.39 Å². The molecule has 3 rings (SSSR count). The van der Waals surface area contributed by atoms with E-state index in [1.807, 2.05) is 38.1 Å². The summed E-state index contributed by atoms with van der Waals surface area (Å²) in [6.45, 7) is 5.32. The molecule has 0 bridgehead atoms. The summed E-state index contributed by atoms with van der Waals surface area (Å²) in [5.41, 5.74) is 0. The van der Waals surface area contributed by atoms with E-state index in [0.717, 1.165) is 32.1 Å². The Bertz CT molecular complexity index is 796.